The minimum absolute atomic E-state index is 0.232. The van der Waals surface area contributed by atoms with Crippen molar-refractivity contribution in [1.82, 2.24) is 4.98 Å². The molecular formula is C31H36ClNO5S. The number of carboxylic acid groups (broad SMARTS) is 1. The monoisotopic (exact) mass is 569 g/mol. The van der Waals surface area contributed by atoms with Gasteiger partial charge in [0, 0.05) is 30.5 Å². The van der Waals surface area contributed by atoms with Gasteiger partial charge in [0.1, 0.15) is 5.76 Å². The van der Waals surface area contributed by atoms with Gasteiger partial charge in [0.25, 0.3) is 0 Å². The maximum Gasteiger partial charge on any atom is 0.332 e. The molecule has 1 N–H and O–H groups in total. The molecule has 2 aromatic carbocycles. The molecule has 8 heteroatoms. The van der Waals surface area contributed by atoms with Crippen molar-refractivity contribution in [2.45, 2.75) is 71.9 Å². The average molecular weight is 570 g/mol. The average Bonchev–Trinajstić information content (AvgIpc) is 3.68. The molecule has 0 radical (unpaired) electrons. The van der Waals surface area contributed by atoms with Crippen LogP contribution in [-0.2, 0) is 27.3 Å². The molecule has 3 atom stereocenters. The van der Waals surface area contributed by atoms with Gasteiger partial charge in [-0.1, -0.05) is 81.8 Å². The van der Waals surface area contributed by atoms with Crippen LogP contribution in [-0.4, -0.2) is 28.3 Å². The number of rotatable bonds is 8. The van der Waals surface area contributed by atoms with Crippen molar-refractivity contribution < 1.29 is 23.8 Å². The minimum atomic E-state index is -0.981. The van der Waals surface area contributed by atoms with Crippen molar-refractivity contribution in [2.24, 2.45) is 0 Å². The molecule has 1 aliphatic heterocycles. The van der Waals surface area contributed by atoms with Crippen LogP contribution in [0.1, 0.15) is 68.3 Å². The van der Waals surface area contributed by atoms with Crippen LogP contribution in [0.4, 0.5) is 0 Å². The quantitative estimate of drug-likeness (QED) is 0.229. The molecule has 208 valence electrons. The molecule has 3 heterocycles. The molecular weight excluding hydrogens is 534 g/mol. The van der Waals surface area contributed by atoms with Crippen molar-refractivity contribution in [3.8, 4) is 10.6 Å². The Morgan fingerprint density at radius 1 is 1.08 bits per heavy atom. The second-order valence-corrected chi connectivity index (χ2v) is 9.99. The van der Waals surface area contributed by atoms with Crippen molar-refractivity contribution >= 4 is 28.9 Å². The first-order chi connectivity index (χ1) is 19.0. The Kier molecular flexibility index (Phi) is 12.2. The fourth-order valence-electron chi connectivity index (χ4n) is 4.20. The summed E-state index contributed by atoms with van der Waals surface area (Å²) >= 11 is 8.07. The van der Waals surface area contributed by atoms with E-state index in [0.29, 0.717) is 30.9 Å². The molecule has 5 rings (SSSR count). The van der Waals surface area contributed by atoms with Crippen LogP contribution in [0.15, 0.2) is 77.5 Å². The lowest BCUT2D eigenvalue weighted by Crippen LogP contribution is -2.37. The summed E-state index contributed by atoms with van der Waals surface area (Å²) in [6.07, 6.45) is 3.31. The van der Waals surface area contributed by atoms with Crippen LogP contribution in [0.25, 0.3) is 10.6 Å². The summed E-state index contributed by atoms with van der Waals surface area (Å²) in [6, 6.07) is 19.3. The maximum absolute atomic E-state index is 11.8. The highest BCUT2D eigenvalue weighted by molar-refractivity contribution is 7.15. The zero-order valence-electron chi connectivity index (χ0n) is 22.8. The number of carbonyl (C=O) groups is 1. The van der Waals surface area contributed by atoms with Gasteiger partial charge in [-0.25, -0.2) is 9.78 Å². The van der Waals surface area contributed by atoms with Gasteiger partial charge in [-0.05, 0) is 34.9 Å². The molecule has 4 aromatic rings. The number of halogens is 1. The largest absolute Gasteiger partial charge is 0.479 e. The molecule has 3 unspecified atom stereocenters. The Morgan fingerprint density at radius 3 is 2.54 bits per heavy atom. The molecule has 39 heavy (non-hydrogen) atoms. The van der Waals surface area contributed by atoms with E-state index in [9.17, 15) is 9.90 Å². The number of aliphatic carboxylic acids is 1. The summed E-state index contributed by atoms with van der Waals surface area (Å²) in [5.41, 5.74) is 2.84. The van der Waals surface area contributed by atoms with Crippen LogP contribution >= 0.6 is 22.9 Å². The SMILES string of the molecule is CC.CC.O=C(O)C1CC(OCc2ccccc2)CC(c2ccc(Cl)c(Cc3ncc(-c4ccco4)s3)c2)O1. The molecule has 2 aromatic heterocycles. The normalized spacial score (nSPS) is 18.3. The highest BCUT2D eigenvalue weighted by Crippen LogP contribution is 2.36. The Balaban J connectivity index is 0.00000100. The third-order valence-electron chi connectivity index (χ3n) is 5.99. The van der Waals surface area contributed by atoms with Gasteiger partial charge in [0.05, 0.1) is 35.0 Å². The predicted octanol–water partition coefficient (Wildman–Crippen LogP) is 8.59. The Bertz CT molecular complexity index is 1280. The number of hydrogen-bond donors (Lipinski definition) is 1. The summed E-state index contributed by atoms with van der Waals surface area (Å²) < 4.78 is 17.5. The van der Waals surface area contributed by atoms with Gasteiger partial charge >= 0.3 is 5.97 Å². The highest BCUT2D eigenvalue weighted by atomic mass is 35.5. The smallest absolute Gasteiger partial charge is 0.332 e. The van der Waals surface area contributed by atoms with E-state index in [1.165, 1.54) is 0 Å². The van der Waals surface area contributed by atoms with E-state index in [0.717, 1.165) is 32.3 Å². The lowest BCUT2D eigenvalue weighted by molar-refractivity contribution is -0.171. The van der Waals surface area contributed by atoms with Crippen LogP contribution < -0.4 is 0 Å². The van der Waals surface area contributed by atoms with Crippen molar-refractivity contribution in [2.75, 3.05) is 0 Å². The van der Waals surface area contributed by atoms with Gasteiger partial charge in [0.2, 0.25) is 0 Å². The van der Waals surface area contributed by atoms with E-state index in [1.54, 1.807) is 23.8 Å². The van der Waals surface area contributed by atoms with E-state index in [2.05, 4.69) is 4.98 Å². The van der Waals surface area contributed by atoms with Crippen LogP contribution in [0.2, 0.25) is 5.02 Å². The number of nitrogens with zero attached hydrogens (tertiary/aromatic N) is 1. The number of carboxylic acids is 1. The van der Waals surface area contributed by atoms with Gasteiger partial charge in [0.15, 0.2) is 6.10 Å². The lowest BCUT2D eigenvalue weighted by Gasteiger charge is -2.34. The Labute approximate surface area is 239 Å². The molecule has 1 aliphatic rings. The fourth-order valence-corrected chi connectivity index (χ4v) is 5.29. The summed E-state index contributed by atoms with van der Waals surface area (Å²) in [4.78, 5) is 17.3. The first-order valence-corrected chi connectivity index (χ1v) is 14.6. The van der Waals surface area contributed by atoms with E-state index in [-0.39, 0.29) is 6.10 Å². The topological polar surface area (TPSA) is 81.8 Å². The van der Waals surface area contributed by atoms with E-state index in [1.807, 2.05) is 88.4 Å². The summed E-state index contributed by atoms with van der Waals surface area (Å²) in [5, 5.41) is 11.2. The summed E-state index contributed by atoms with van der Waals surface area (Å²) in [7, 11) is 0. The first-order valence-electron chi connectivity index (χ1n) is 13.4. The lowest BCUT2D eigenvalue weighted by atomic mass is 9.94. The van der Waals surface area contributed by atoms with Gasteiger partial charge < -0.3 is 19.0 Å². The summed E-state index contributed by atoms with van der Waals surface area (Å²) in [6.45, 7) is 8.43. The number of ether oxygens (including phenoxy) is 2. The minimum Gasteiger partial charge on any atom is -0.479 e. The molecule has 1 saturated heterocycles. The first kappa shape index (κ1) is 30.6. The number of hydrogen-bond acceptors (Lipinski definition) is 6. The molecule has 1 fully saturated rings. The molecule has 0 aliphatic carbocycles. The van der Waals surface area contributed by atoms with E-state index >= 15 is 0 Å². The molecule has 6 nitrogen and oxygen atoms in total. The number of benzene rings is 2. The van der Waals surface area contributed by atoms with Crippen LogP contribution in [0.3, 0.4) is 0 Å². The third kappa shape index (κ3) is 8.51. The zero-order chi connectivity index (χ0) is 28.2. The maximum atomic E-state index is 11.8. The van der Waals surface area contributed by atoms with Crippen LogP contribution in [0.5, 0.6) is 0 Å². The van der Waals surface area contributed by atoms with E-state index < -0.39 is 18.2 Å². The number of furan rings is 1. The predicted molar refractivity (Wildman–Crippen MR) is 156 cm³/mol. The number of thiazole rings is 1. The van der Waals surface area contributed by atoms with Crippen LogP contribution in [0, 0.1) is 0 Å². The van der Waals surface area contributed by atoms with Gasteiger partial charge in [-0.15, -0.1) is 11.3 Å². The zero-order valence-corrected chi connectivity index (χ0v) is 24.4. The molecule has 0 saturated carbocycles. The fraction of sp³-hybridized carbons (Fsp3) is 0.355. The van der Waals surface area contributed by atoms with E-state index in [4.69, 9.17) is 25.5 Å². The summed E-state index contributed by atoms with van der Waals surface area (Å²) in [5.74, 6) is -0.198. The Hall–Kier alpha value is -2.97. The van der Waals surface area contributed by atoms with Gasteiger partial charge in [-0.2, -0.15) is 0 Å². The number of aromatic nitrogens is 1. The standard InChI is InChI=1S/C27H24ClNO5S.2C2H6/c28-21-9-8-18(11-19(21)12-26-29-15-25(35-26)22-7-4-10-32-22)23-13-20(14-24(34-23)27(30)31)33-16-17-5-2-1-3-6-17;2*1-2/h1-11,15,20,23-24H,12-14,16H2,(H,30,31);2*1-2H3. The van der Waals surface area contributed by atoms with Gasteiger partial charge in [-0.3, -0.25) is 0 Å². The molecule has 0 spiro atoms. The van der Waals surface area contributed by atoms with Crippen molar-refractivity contribution in [3.63, 3.8) is 0 Å². The third-order valence-corrected chi connectivity index (χ3v) is 7.37. The highest BCUT2D eigenvalue weighted by Gasteiger charge is 2.35. The van der Waals surface area contributed by atoms with Crippen molar-refractivity contribution in [1.29, 1.82) is 0 Å². The molecule has 0 bridgehead atoms. The van der Waals surface area contributed by atoms with Crippen molar-refractivity contribution in [3.05, 3.63) is 99.8 Å². The second-order valence-electron chi connectivity index (χ2n) is 8.46. The molecule has 0 amide bonds. The Morgan fingerprint density at radius 2 is 1.85 bits per heavy atom. The second kappa shape index (κ2) is 15.6.